The SMILES string of the molecule is Cc1cccc2cn(C(F)F)nc12. The molecule has 0 N–H and O–H groups in total. The Kier molecular flexibility index (Phi) is 1.76. The number of aryl methyl sites for hydroxylation is 1. The van der Waals surface area contributed by atoms with Crippen LogP contribution in [-0.4, -0.2) is 9.78 Å². The summed E-state index contributed by atoms with van der Waals surface area (Å²) in [5.41, 5.74) is 1.56. The summed E-state index contributed by atoms with van der Waals surface area (Å²) >= 11 is 0. The lowest BCUT2D eigenvalue weighted by atomic mass is 10.2. The highest BCUT2D eigenvalue weighted by molar-refractivity contribution is 5.81. The molecule has 0 atom stereocenters. The fourth-order valence-electron chi connectivity index (χ4n) is 1.31. The zero-order chi connectivity index (χ0) is 9.42. The number of fused-ring (bicyclic) bond motifs is 1. The summed E-state index contributed by atoms with van der Waals surface area (Å²) in [7, 11) is 0. The Bertz CT molecular complexity index is 434. The molecule has 0 saturated carbocycles. The molecule has 2 aromatic rings. The van der Waals surface area contributed by atoms with Gasteiger partial charge in [-0.05, 0) is 12.5 Å². The number of hydrogen-bond donors (Lipinski definition) is 0. The van der Waals surface area contributed by atoms with Gasteiger partial charge >= 0.3 is 6.55 Å². The lowest BCUT2D eigenvalue weighted by Crippen LogP contribution is -1.97. The largest absolute Gasteiger partial charge is 0.333 e. The van der Waals surface area contributed by atoms with Crippen molar-refractivity contribution in [3.8, 4) is 0 Å². The van der Waals surface area contributed by atoms with E-state index in [1.165, 1.54) is 6.20 Å². The molecule has 0 saturated heterocycles. The first-order valence-electron chi connectivity index (χ1n) is 3.91. The van der Waals surface area contributed by atoms with Gasteiger partial charge in [0.25, 0.3) is 0 Å². The molecule has 0 radical (unpaired) electrons. The Labute approximate surface area is 73.8 Å². The van der Waals surface area contributed by atoms with Gasteiger partial charge in [0.05, 0.1) is 5.52 Å². The first-order chi connectivity index (χ1) is 6.18. The van der Waals surface area contributed by atoms with Crippen molar-refractivity contribution in [3.63, 3.8) is 0 Å². The summed E-state index contributed by atoms with van der Waals surface area (Å²) in [5, 5.41) is 4.53. The highest BCUT2D eigenvalue weighted by Crippen LogP contribution is 2.19. The molecule has 0 unspecified atom stereocenters. The van der Waals surface area contributed by atoms with E-state index in [1.54, 1.807) is 6.07 Å². The van der Waals surface area contributed by atoms with Crippen molar-refractivity contribution < 1.29 is 8.78 Å². The fourth-order valence-corrected chi connectivity index (χ4v) is 1.31. The summed E-state index contributed by atoms with van der Waals surface area (Å²) in [6.07, 6.45) is 1.35. The molecular weight excluding hydrogens is 174 g/mol. The Morgan fingerprint density at radius 3 is 2.77 bits per heavy atom. The zero-order valence-electron chi connectivity index (χ0n) is 7.04. The van der Waals surface area contributed by atoms with Gasteiger partial charge in [-0.2, -0.15) is 13.9 Å². The predicted molar refractivity (Wildman–Crippen MR) is 45.7 cm³/mol. The first-order valence-corrected chi connectivity index (χ1v) is 3.91. The lowest BCUT2D eigenvalue weighted by molar-refractivity contribution is 0.0573. The normalized spacial score (nSPS) is 11.4. The maximum absolute atomic E-state index is 12.2. The number of benzene rings is 1. The minimum absolute atomic E-state index is 0.641. The first kappa shape index (κ1) is 8.16. The second kappa shape index (κ2) is 2.80. The third-order valence-electron chi connectivity index (χ3n) is 1.96. The highest BCUT2D eigenvalue weighted by atomic mass is 19.3. The number of nitrogens with zero attached hydrogens (tertiary/aromatic N) is 2. The molecule has 1 aromatic heterocycles. The molecule has 0 aliphatic rings. The van der Waals surface area contributed by atoms with Crippen molar-refractivity contribution in [2.75, 3.05) is 0 Å². The van der Waals surface area contributed by atoms with Gasteiger partial charge < -0.3 is 0 Å². The van der Waals surface area contributed by atoms with Crippen LogP contribution in [0.2, 0.25) is 0 Å². The van der Waals surface area contributed by atoms with Crippen molar-refractivity contribution >= 4 is 10.9 Å². The number of alkyl halides is 2. The van der Waals surface area contributed by atoms with E-state index < -0.39 is 6.55 Å². The quantitative estimate of drug-likeness (QED) is 0.663. The van der Waals surface area contributed by atoms with Gasteiger partial charge in [0, 0.05) is 11.6 Å². The van der Waals surface area contributed by atoms with Crippen LogP contribution in [0.5, 0.6) is 0 Å². The molecular formula is C9H8F2N2. The van der Waals surface area contributed by atoms with Crippen LogP contribution in [-0.2, 0) is 0 Å². The molecule has 0 bridgehead atoms. The van der Waals surface area contributed by atoms with Crippen molar-refractivity contribution in [1.29, 1.82) is 0 Å². The van der Waals surface area contributed by atoms with Crippen molar-refractivity contribution in [2.24, 2.45) is 0 Å². The summed E-state index contributed by atoms with van der Waals surface area (Å²) < 4.78 is 25.2. The van der Waals surface area contributed by atoms with Crippen LogP contribution in [0, 0.1) is 6.92 Å². The van der Waals surface area contributed by atoms with Crippen LogP contribution < -0.4 is 0 Å². The molecule has 4 heteroatoms. The van der Waals surface area contributed by atoms with E-state index in [1.807, 2.05) is 19.1 Å². The third kappa shape index (κ3) is 1.28. The maximum Gasteiger partial charge on any atom is 0.333 e. The Balaban J connectivity index is 2.68. The van der Waals surface area contributed by atoms with Crippen molar-refractivity contribution in [3.05, 3.63) is 30.0 Å². The fraction of sp³-hybridized carbons (Fsp3) is 0.222. The van der Waals surface area contributed by atoms with Crippen LogP contribution in [0.1, 0.15) is 12.1 Å². The average molecular weight is 182 g/mol. The second-order valence-electron chi connectivity index (χ2n) is 2.90. The van der Waals surface area contributed by atoms with E-state index in [-0.39, 0.29) is 0 Å². The van der Waals surface area contributed by atoms with Gasteiger partial charge in [-0.15, -0.1) is 0 Å². The van der Waals surface area contributed by atoms with Crippen LogP contribution in [0.15, 0.2) is 24.4 Å². The number of aromatic nitrogens is 2. The second-order valence-corrected chi connectivity index (χ2v) is 2.90. The van der Waals surface area contributed by atoms with E-state index in [4.69, 9.17) is 0 Å². The van der Waals surface area contributed by atoms with Gasteiger partial charge in [-0.3, -0.25) is 0 Å². The smallest absolute Gasteiger partial charge is 0.210 e. The van der Waals surface area contributed by atoms with Gasteiger partial charge in [0.1, 0.15) is 0 Å². The van der Waals surface area contributed by atoms with E-state index in [0.29, 0.717) is 10.2 Å². The van der Waals surface area contributed by atoms with E-state index in [2.05, 4.69) is 5.10 Å². The number of halogens is 2. The molecule has 0 amide bonds. The highest BCUT2D eigenvalue weighted by Gasteiger charge is 2.09. The van der Waals surface area contributed by atoms with E-state index in [0.717, 1.165) is 10.9 Å². The molecule has 0 fully saturated rings. The molecule has 13 heavy (non-hydrogen) atoms. The van der Waals surface area contributed by atoms with Gasteiger partial charge in [-0.1, -0.05) is 18.2 Å². The molecule has 2 nitrogen and oxygen atoms in total. The molecule has 0 aliphatic heterocycles. The number of hydrogen-bond acceptors (Lipinski definition) is 1. The Hall–Kier alpha value is -1.45. The summed E-state index contributed by atoms with van der Waals surface area (Å²) in [5.74, 6) is 0. The predicted octanol–water partition coefficient (Wildman–Crippen LogP) is 2.74. The van der Waals surface area contributed by atoms with E-state index in [9.17, 15) is 8.78 Å². The Morgan fingerprint density at radius 2 is 2.15 bits per heavy atom. The minimum Gasteiger partial charge on any atom is -0.210 e. The molecule has 2 rings (SSSR count). The topological polar surface area (TPSA) is 17.8 Å². The van der Waals surface area contributed by atoms with Crippen LogP contribution in [0.4, 0.5) is 8.78 Å². The number of rotatable bonds is 1. The average Bonchev–Trinajstić information content (AvgIpc) is 2.49. The monoisotopic (exact) mass is 182 g/mol. The van der Waals surface area contributed by atoms with Gasteiger partial charge in [-0.25, -0.2) is 4.68 Å². The molecule has 1 heterocycles. The molecule has 0 spiro atoms. The van der Waals surface area contributed by atoms with Crippen molar-refractivity contribution in [2.45, 2.75) is 13.5 Å². The van der Waals surface area contributed by atoms with Crippen molar-refractivity contribution in [1.82, 2.24) is 9.78 Å². The van der Waals surface area contributed by atoms with Crippen LogP contribution in [0.3, 0.4) is 0 Å². The summed E-state index contributed by atoms with van der Waals surface area (Å²) in [6.45, 7) is -0.711. The van der Waals surface area contributed by atoms with Crippen LogP contribution in [0.25, 0.3) is 10.9 Å². The summed E-state index contributed by atoms with van der Waals surface area (Å²) in [6, 6.07) is 5.45. The van der Waals surface area contributed by atoms with Gasteiger partial charge in [0.15, 0.2) is 0 Å². The molecule has 68 valence electrons. The van der Waals surface area contributed by atoms with Crippen LogP contribution >= 0.6 is 0 Å². The lowest BCUT2D eigenvalue weighted by Gasteiger charge is -1.94. The molecule has 1 aromatic carbocycles. The van der Waals surface area contributed by atoms with E-state index >= 15 is 0 Å². The van der Waals surface area contributed by atoms with Gasteiger partial charge in [0.2, 0.25) is 0 Å². The standard InChI is InChI=1S/C9H8F2N2/c1-6-3-2-4-7-5-13(9(10)11)12-8(6)7/h2-5,9H,1H3. The third-order valence-corrected chi connectivity index (χ3v) is 1.96. The maximum atomic E-state index is 12.2. The molecule has 0 aliphatic carbocycles. The Morgan fingerprint density at radius 1 is 1.38 bits per heavy atom. The zero-order valence-corrected chi connectivity index (χ0v) is 7.04. The minimum atomic E-state index is -2.56. The summed E-state index contributed by atoms with van der Waals surface area (Å²) in [4.78, 5) is 0.